The molecule has 0 radical (unpaired) electrons. The normalized spacial score (nSPS) is 29.5. The molecule has 1 aromatic rings. The van der Waals surface area contributed by atoms with Crippen LogP contribution < -0.4 is 0 Å². The highest BCUT2D eigenvalue weighted by molar-refractivity contribution is 5.17. The number of rotatable bonds is 9. The van der Waals surface area contributed by atoms with E-state index in [9.17, 15) is 0 Å². The number of aromatic nitrogens is 1. The number of unbranched alkanes of at least 4 members (excludes halogenated alkanes) is 2. The van der Waals surface area contributed by atoms with Crippen LogP contribution in [0.25, 0.3) is 0 Å². The van der Waals surface area contributed by atoms with Gasteiger partial charge < -0.3 is 0 Å². The summed E-state index contributed by atoms with van der Waals surface area (Å²) in [5, 5.41) is 0. The van der Waals surface area contributed by atoms with Crippen molar-refractivity contribution in [1.82, 2.24) is 4.98 Å². The summed E-state index contributed by atoms with van der Waals surface area (Å²) >= 11 is 0. The van der Waals surface area contributed by atoms with Crippen molar-refractivity contribution in [1.29, 1.82) is 0 Å². The zero-order valence-corrected chi connectivity index (χ0v) is 19.0. The van der Waals surface area contributed by atoms with Gasteiger partial charge in [-0.3, -0.25) is 4.98 Å². The van der Waals surface area contributed by atoms with Crippen LogP contribution in [0.5, 0.6) is 0 Å². The lowest BCUT2D eigenvalue weighted by atomic mass is 9.67. The summed E-state index contributed by atoms with van der Waals surface area (Å²) in [5.41, 5.74) is 2.76. The Kier molecular flexibility index (Phi) is 8.87. The van der Waals surface area contributed by atoms with Gasteiger partial charge in [0, 0.05) is 17.8 Å². The van der Waals surface area contributed by atoms with E-state index in [0.29, 0.717) is 5.92 Å². The van der Waals surface area contributed by atoms with E-state index < -0.39 is 0 Å². The summed E-state index contributed by atoms with van der Waals surface area (Å²) in [5.74, 6) is 4.61. The maximum absolute atomic E-state index is 4.87. The van der Waals surface area contributed by atoms with Crippen LogP contribution in [0.4, 0.5) is 0 Å². The Bertz CT molecular complexity index is 532. The quantitative estimate of drug-likeness (QED) is 0.390. The zero-order valence-electron chi connectivity index (χ0n) is 19.0. The number of hydrogen-bond donors (Lipinski definition) is 0. The minimum atomic E-state index is 0.630. The van der Waals surface area contributed by atoms with Crippen molar-refractivity contribution in [2.24, 2.45) is 23.7 Å². The Morgan fingerprint density at radius 3 is 2.11 bits per heavy atom. The SMILES string of the molecule is CCCCCc1ccc(C(C)C2CCC(C3CCC(CCC)CC3)CC2)nc1. The predicted molar refractivity (Wildman–Crippen MR) is 122 cm³/mol. The van der Waals surface area contributed by atoms with Gasteiger partial charge in [0.05, 0.1) is 0 Å². The van der Waals surface area contributed by atoms with Gasteiger partial charge in [0.25, 0.3) is 0 Å². The van der Waals surface area contributed by atoms with E-state index in [4.69, 9.17) is 4.98 Å². The number of nitrogens with zero attached hydrogens (tertiary/aromatic N) is 1. The van der Waals surface area contributed by atoms with Gasteiger partial charge >= 0.3 is 0 Å². The van der Waals surface area contributed by atoms with Crippen molar-refractivity contribution in [3.8, 4) is 0 Å². The molecule has 1 aromatic heterocycles. The largest absolute Gasteiger partial charge is 0.261 e. The molecule has 28 heavy (non-hydrogen) atoms. The summed E-state index contributed by atoms with van der Waals surface area (Å²) in [7, 11) is 0. The van der Waals surface area contributed by atoms with E-state index in [2.05, 4.69) is 39.1 Å². The molecule has 0 N–H and O–H groups in total. The lowest BCUT2D eigenvalue weighted by Crippen LogP contribution is -2.27. The molecule has 2 fully saturated rings. The van der Waals surface area contributed by atoms with Crippen LogP contribution in [0.2, 0.25) is 0 Å². The molecule has 2 aliphatic carbocycles. The second kappa shape index (κ2) is 11.4. The Hall–Kier alpha value is -0.850. The highest BCUT2D eigenvalue weighted by Gasteiger charge is 2.32. The zero-order chi connectivity index (χ0) is 19.8. The molecule has 0 saturated heterocycles. The van der Waals surface area contributed by atoms with Gasteiger partial charge in [0.1, 0.15) is 0 Å². The van der Waals surface area contributed by atoms with Gasteiger partial charge in [0.2, 0.25) is 0 Å². The average molecular weight is 384 g/mol. The van der Waals surface area contributed by atoms with Crippen LogP contribution in [-0.4, -0.2) is 4.98 Å². The Labute approximate surface area is 175 Å². The molecule has 2 saturated carbocycles. The topological polar surface area (TPSA) is 12.9 Å². The van der Waals surface area contributed by atoms with Crippen molar-refractivity contribution < 1.29 is 0 Å². The molecular weight excluding hydrogens is 338 g/mol. The molecule has 2 aliphatic rings. The predicted octanol–water partition coefficient (Wildman–Crippen LogP) is 8.33. The first-order chi connectivity index (χ1) is 13.7. The van der Waals surface area contributed by atoms with Crippen LogP contribution in [0.15, 0.2) is 18.3 Å². The summed E-state index contributed by atoms with van der Waals surface area (Å²) in [6.45, 7) is 7.05. The van der Waals surface area contributed by atoms with E-state index in [1.165, 1.54) is 101 Å². The summed E-state index contributed by atoms with van der Waals surface area (Å²) in [6.07, 6.45) is 22.0. The fraction of sp³-hybridized carbons (Fsp3) is 0.815. The van der Waals surface area contributed by atoms with E-state index >= 15 is 0 Å². The van der Waals surface area contributed by atoms with E-state index in [1.807, 2.05) is 0 Å². The third kappa shape index (κ3) is 6.07. The second-order valence-corrected chi connectivity index (χ2v) is 10.1. The van der Waals surface area contributed by atoms with Crippen LogP contribution in [0.1, 0.15) is 121 Å². The molecule has 158 valence electrons. The number of hydrogen-bond acceptors (Lipinski definition) is 1. The Morgan fingerprint density at radius 2 is 1.54 bits per heavy atom. The van der Waals surface area contributed by atoms with Gasteiger partial charge in [-0.1, -0.05) is 65.4 Å². The van der Waals surface area contributed by atoms with E-state index in [0.717, 1.165) is 23.7 Å². The minimum Gasteiger partial charge on any atom is -0.261 e. The first-order valence-electron chi connectivity index (χ1n) is 12.7. The van der Waals surface area contributed by atoms with Crippen LogP contribution in [0, 0.1) is 23.7 Å². The molecule has 1 heterocycles. The molecule has 1 nitrogen and oxygen atoms in total. The lowest BCUT2D eigenvalue weighted by Gasteiger charge is -2.39. The number of aryl methyl sites for hydroxylation is 1. The average Bonchev–Trinajstić information content (AvgIpc) is 2.75. The fourth-order valence-corrected chi connectivity index (χ4v) is 6.15. The molecule has 1 heteroatoms. The second-order valence-electron chi connectivity index (χ2n) is 10.1. The van der Waals surface area contributed by atoms with Gasteiger partial charge in [0.15, 0.2) is 0 Å². The molecule has 0 amide bonds. The summed E-state index contributed by atoms with van der Waals surface area (Å²) < 4.78 is 0. The van der Waals surface area contributed by atoms with Crippen molar-refractivity contribution in [3.05, 3.63) is 29.6 Å². The highest BCUT2D eigenvalue weighted by atomic mass is 14.7. The molecule has 0 aliphatic heterocycles. The van der Waals surface area contributed by atoms with Gasteiger partial charge in [-0.2, -0.15) is 0 Å². The van der Waals surface area contributed by atoms with Crippen molar-refractivity contribution in [2.45, 2.75) is 117 Å². The first kappa shape index (κ1) is 21.8. The van der Waals surface area contributed by atoms with Gasteiger partial charge in [-0.25, -0.2) is 0 Å². The molecule has 1 atom stereocenters. The third-order valence-electron chi connectivity index (χ3n) is 8.16. The monoisotopic (exact) mass is 383 g/mol. The smallest absolute Gasteiger partial charge is 0.0434 e. The molecule has 0 aromatic carbocycles. The highest BCUT2D eigenvalue weighted by Crippen LogP contribution is 2.44. The van der Waals surface area contributed by atoms with Crippen LogP contribution in [0.3, 0.4) is 0 Å². The number of pyridine rings is 1. The molecule has 1 unspecified atom stereocenters. The van der Waals surface area contributed by atoms with Crippen LogP contribution in [-0.2, 0) is 6.42 Å². The Morgan fingerprint density at radius 1 is 0.857 bits per heavy atom. The third-order valence-corrected chi connectivity index (χ3v) is 8.16. The van der Waals surface area contributed by atoms with E-state index in [-0.39, 0.29) is 0 Å². The summed E-state index contributed by atoms with van der Waals surface area (Å²) in [6, 6.07) is 4.67. The van der Waals surface area contributed by atoms with E-state index in [1.54, 1.807) is 0 Å². The van der Waals surface area contributed by atoms with Gasteiger partial charge in [-0.05, 0) is 86.7 Å². The first-order valence-corrected chi connectivity index (χ1v) is 12.7. The Balaban J connectivity index is 1.43. The molecule has 0 spiro atoms. The standard InChI is InChI=1S/C27H45N/c1-4-6-7-9-23-12-19-27(28-20-23)21(3)24-15-17-26(18-16-24)25-13-10-22(8-5-2)11-14-25/h12,19-22,24-26H,4-11,13-18H2,1-3H3. The molecule has 3 rings (SSSR count). The van der Waals surface area contributed by atoms with Crippen molar-refractivity contribution >= 4 is 0 Å². The minimum absolute atomic E-state index is 0.630. The van der Waals surface area contributed by atoms with Crippen molar-refractivity contribution in [2.75, 3.05) is 0 Å². The molecular formula is C27H45N. The summed E-state index contributed by atoms with van der Waals surface area (Å²) in [4.78, 5) is 4.87. The van der Waals surface area contributed by atoms with Crippen LogP contribution >= 0.6 is 0 Å². The lowest BCUT2D eigenvalue weighted by molar-refractivity contribution is 0.136. The van der Waals surface area contributed by atoms with Gasteiger partial charge in [-0.15, -0.1) is 0 Å². The maximum atomic E-state index is 4.87. The van der Waals surface area contributed by atoms with Crippen molar-refractivity contribution in [3.63, 3.8) is 0 Å². The fourth-order valence-electron chi connectivity index (χ4n) is 6.15. The maximum Gasteiger partial charge on any atom is 0.0434 e. The molecule has 0 bridgehead atoms.